The first kappa shape index (κ1) is 20.7. The second kappa shape index (κ2) is 9.91. The van der Waals surface area contributed by atoms with Crippen molar-refractivity contribution in [2.75, 3.05) is 7.05 Å². The van der Waals surface area contributed by atoms with Crippen LogP contribution < -0.4 is 5.32 Å². The summed E-state index contributed by atoms with van der Waals surface area (Å²) in [4.78, 5) is 26.8. The van der Waals surface area contributed by atoms with E-state index in [1.165, 1.54) is 5.56 Å². The van der Waals surface area contributed by atoms with Gasteiger partial charge in [-0.15, -0.1) is 0 Å². The summed E-state index contributed by atoms with van der Waals surface area (Å²) >= 11 is 0. The fourth-order valence-electron chi connectivity index (χ4n) is 3.10. The van der Waals surface area contributed by atoms with Crippen molar-refractivity contribution in [2.45, 2.75) is 52.6 Å². The van der Waals surface area contributed by atoms with E-state index in [0.717, 1.165) is 23.1 Å². The standard InChI is InChI=1S/C23H30N2O2/c1-5-19-10-12-20(13-11-19)14-15-22(26)25(18(3)23(27)24-4)16-21-9-7-6-8-17(21)2/h6-13,18H,5,14-16H2,1-4H3,(H,24,27). The van der Waals surface area contributed by atoms with Crippen LogP contribution in [0.4, 0.5) is 0 Å². The molecule has 0 aliphatic carbocycles. The van der Waals surface area contributed by atoms with Crippen LogP contribution in [-0.2, 0) is 29.0 Å². The van der Waals surface area contributed by atoms with E-state index in [2.05, 4.69) is 36.5 Å². The van der Waals surface area contributed by atoms with Crippen LogP contribution in [0.25, 0.3) is 0 Å². The topological polar surface area (TPSA) is 49.4 Å². The monoisotopic (exact) mass is 366 g/mol. The summed E-state index contributed by atoms with van der Waals surface area (Å²) in [6.45, 7) is 6.37. The molecular weight excluding hydrogens is 336 g/mol. The van der Waals surface area contributed by atoms with Crippen LogP contribution in [0.3, 0.4) is 0 Å². The Morgan fingerprint density at radius 3 is 2.26 bits per heavy atom. The summed E-state index contributed by atoms with van der Waals surface area (Å²) < 4.78 is 0. The van der Waals surface area contributed by atoms with Crippen LogP contribution in [0.5, 0.6) is 0 Å². The van der Waals surface area contributed by atoms with Gasteiger partial charge in [0.05, 0.1) is 0 Å². The third kappa shape index (κ3) is 5.68. The SMILES string of the molecule is CCc1ccc(CCC(=O)N(Cc2ccccc2C)C(C)C(=O)NC)cc1. The molecule has 0 aromatic heterocycles. The molecular formula is C23H30N2O2. The molecule has 0 saturated carbocycles. The Kier molecular flexibility index (Phi) is 7.59. The molecule has 0 aliphatic heterocycles. The lowest BCUT2D eigenvalue weighted by atomic mass is 10.0. The highest BCUT2D eigenvalue weighted by Crippen LogP contribution is 2.16. The highest BCUT2D eigenvalue weighted by molar-refractivity contribution is 5.87. The molecule has 0 fully saturated rings. The largest absolute Gasteiger partial charge is 0.357 e. The molecule has 27 heavy (non-hydrogen) atoms. The average molecular weight is 367 g/mol. The van der Waals surface area contributed by atoms with E-state index < -0.39 is 6.04 Å². The minimum atomic E-state index is -0.510. The molecule has 1 unspecified atom stereocenters. The van der Waals surface area contributed by atoms with Gasteiger partial charge >= 0.3 is 0 Å². The molecule has 0 spiro atoms. The van der Waals surface area contributed by atoms with Crippen molar-refractivity contribution in [1.29, 1.82) is 0 Å². The Bertz CT molecular complexity index is 768. The van der Waals surface area contributed by atoms with Gasteiger partial charge in [0, 0.05) is 20.0 Å². The summed E-state index contributed by atoms with van der Waals surface area (Å²) in [7, 11) is 1.60. The predicted octanol–water partition coefficient (Wildman–Crippen LogP) is 3.65. The molecule has 2 aromatic carbocycles. The molecule has 0 heterocycles. The van der Waals surface area contributed by atoms with Crippen LogP contribution in [-0.4, -0.2) is 29.8 Å². The summed E-state index contributed by atoms with van der Waals surface area (Å²) in [6.07, 6.45) is 2.07. The summed E-state index contributed by atoms with van der Waals surface area (Å²) in [6, 6.07) is 15.9. The van der Waals surface area contributed by atoms with E-state index in [0.29, 0.717) is 19.4 Å². The molecule has 1 N–H and O–H groups in total. The Balaban J connectivity index is 2.12. The van der Waals surface area contributed by atoms with E-state index in [4.69, 9.17) is 0 Å². The lowest BCUT2D eigenvalue weighted by Crippen LogP contribution is -2.46. The first-order chi connectivity index (χ1) is 13.0. The lowest BCUT2D eigenvalue weighted by Gasteiger charge is -2.29. The van der Waals surface area contributed by atoms with E-state index in [9.17, 15) is 9.59 Å². The van der Waals surface area contributed by atoms with E-state index in [1.54, 1.807) is 18.9 Å². The van der Waals surface area contributed by atoms with Crippen molar-refractivity contribution >= 4 is 11.8 Å². The molecule has 0 radical (unpaired) electrons. The Labute approximate surface area is 162 Å². The second-order valence-corrected chi connectivity index (χ2v) is 6.91. The molecule has 4 nitrogen and oxygen atoms in total. The lowest BCUT2D eigenvalue weighted by molar-refractivity contribution is -0.140. The van der Waals surface area contributed by atoms with Gasteiger partial charge in [-0.2, -0.15) is 0 Å². The van der Waals surface area contributed by atoms with Crippen LogP contribution in [0.1, 0.15) is 42.5 Å². The summed E-state index contributed by atoms with van der Waals surface area (Å²) in [5.41, 5.74) is 4.62. The minimum absolute atomic E-state index is 0.00563. The number of carbonyl (C=O) groups is 2. The molecule has 0 aliphatic rings. The fraction of sp³-hybridized carbons (Fsp3) is 0.391. The number of hydrogen-bond acceptors (Lipinski definition) is 2. The van der Waals surface area contributed by atoms with Gasteiger partial charge in [-0.1, -0.05) is 55.5 Å². The van der Waals surface area contributed by atoms with Crippen LogP contribution in [0, 0.1) is 6.92 Å². The maximum Gasteiger partial charge on any atom is 0.242 e. The average Bonchev–Trinajstić information content (AvgIpc) is 2.70. The number of amides is 2. The number of nitrogens with zero attached hydrogens (tertiary/aromatic N) is 1. The quantitative estimate of drug-likeness (QED) is 0.775. The van der Waals surface area contributed by atoms with Crippen molar-refractivity contribution in [3.63, 3.8) is 0 Å². The third-order valence-electron chi connectivity index (χ3n) is 5.07. The number of benzene rings is 2. The second-order valence-electron chi connectivity index (χ2n) is 6.91. The number of carbonyl (C=O) groups excluding carboxylic acids is 2. The van der Waals surface area contributed by atoms with Gasteiger partial charge in [0.25, 0.3) is 0 Å². The van der Waals surface area contributed by atoms with Crippen molar-refractivity contribution < 1.29 is 9.59 Å². The molecule has 2 amide bonds. The fourth-order valence-corrected chi connectivity index (χ4v) is 3.10. The molecule has 2 aromatic rings. The van der Waals surface area contributed by atoms with Crippen molar-refractivity contribution in [3.05, 3.63) is 70.8 Å². The third-order valence-corrected chi connectivity index (χ3v) is 5.07. The Morgan fingerprint density at radius 2 is 1.67 bits per heavy atom. The molecule has 2 rings (SSSR count). The Morgan fingerprint density at radius 1 is 1.04 bits per heavy atom. The zero-order chi connectivity index (χ0) is 19.8. The normalized spacial score (nSPS) is 11.7. The zero-order valence-electron chi connectivity index (χ0n) is 16.8. The number of nitrogens with one attached hydrogen (secondary N) is 1. The number of hydrogen-bond donors (Lipinski definition) is 1. The highest BCUT2D eigenvalue weighted by Gasteiger charge is 2.25. The van der Waals surface area contributed by atoms with E-state index >= 15 is 0 Å². The van der Waals surface area contributed by atoms with Gasteiger partial charge in [-0.25, -0.2) is 0 Å². The van der Waals surface area contributed by atoms with Gasteiger partial charge < -0.3 is 10.2 Å². The van der Waals surface area contributed by atoms with Crippen molar-refractivity contribution in [1.82, 2.24) is 10.2 Å². The van der Waals surface area contributed by atoms with E-state index in [1.807, 2.05) is 31.2 Å². The molecule has 4 heteroatoms. The molecule has 144 valence electrons. The van der Waals surface area contributed by atoms with Gasteiger partial charge in [-0.3, -0.25) is 9.59 Å². The van der Waals surface area contributed by atoms with Gasteiger partial charge in [0.15, 0.2) is 0 Å². The first-order valence-electron chi connectivity index (χ1n) is 9.59. The predicted molar refractivity (Wildman–Crippen MR) is 109 cm³/mol. The van der Waals surface area contributed by atoms with Gasteiger partial charge in [0.1, 0.15) is 6.04 Å². The maximum atomic E-state index is 13.0. The smallest absolute Gasteiger partial charge is 0.242 e. The number of likely N-dealkylation sites (N-methyl/N-ethyl adjacent to an activating group) is 1. The molecule has 0 bridgehead atoms. The molecule has 0 saturated heterocycles. The Hall–Kier alpha value is -2.62. The zero-order valence-corrected chi connectivity index (χ0v) is 16.8. The van der Waals surface area contributed by atoms with E-state index in [-0.39, 0.29) is 11.8 Å². The minimum Gasteiger partial charge on any atom is -0.357 e. The summed E-state index contributed by atoms with van der Waals surface area (Å²) in [5, 5.41) is 2.65. The van der Waals surface area contributed by atoms with Gasteiger partial charge in [-0.05, 0) is 48.9 Å². The van der Waals surface area contributed by atoms with Crippen LogP contribution in [0.2, 0.25) is 0 Å². The van der Waals surface area contributed by atoms with Crippen molar-refractivity contribution in [3.8, 4) is 0 Å². The number of aryl methyl sites for hydroxylation is 3. The highest BCUT2D eigenvalue weighted by atomic mass is 16.2. The maximum absolute atomic E-state index is 13.0. The van der Waals surface area contributed by atoms with Crippen LogP contribution in [0.15, 0.2) is 48.5 Å². The number of rotatable bonds is 8. The van der Waals surface area contributed by atoms with Crippen molar-refractivity contribution in [2.24, 2.45) is 0 Å². The molecule has 1 atom stereocenters. The summed E-state index contributed by atoms with van der Waals surface area (Å²) in [5.74, 6) is -0.154. The van der Waals surface area contributed by atoms with Crippen LogP contribution >= 0.6 is 0 Å². The first-order valence-corrected chi connectivity index (χ1v) is 9.59. The van der Waals surface area contributed by atoms with Gasteiger partial charge in [0.2, 0.25) is 11.8 Å².